The Kier molecular flexibility index (Phi) is 3.64. The van der Waals surface area contributed by atoms with Gasteiger partial charge >= 0.3 is 0 Å². The largest absolute Gasteiger partial charge is 0.304 e. The first kappa shape index (κ1) is 11.2. The maximum absolute atomic E-state index is 4.33. The molecule has 0 aliphatic heterocycles. The van der Waals surface area contributed by atoms with Crippen LogP contribution >= 0.6 is 11.3 Å². The van der Waals surface area contributed by atoms with Crippen molar-refractivity contribution in [2.45, 2.75) is 26.4 Å². The molecule has 2 rings (SSSR count). The average Bonchev–Trinajstić information content (AvgIpc) is 2.73. The number of nitrogens with zero attached hydrogens (tertiary/aromatic N) is 2. The molecule has 2 heterocycles. The van der Waals surface area contributed by atoms with Gasteiger partial charge < -0.3 is 5.32 Å². The Hall–Kier alpha value is -1.26. The van der Waals surface area contributed by atoms with E-state index in [2.05, 4.69) is 22.2 Å². The molecule has 0 bridgehead atoms. The van der Waals surface area contributed by atoms with Crippen molar-refractivity contribution < 1.29 is 0 Å². The van der Waals surface area contributed by atoms with Gasteiger partial charge in [-0.15, -0.1) is 11.3 Å². The van der Waals surface area contributed by atoms with Crippen LogP contribution < -0.4 is 5.32 Å². The van der Waals surface area contributed by atoms with E-state index in [1.54, 1.807) is 11.3 Å². The third-order valence-corrected chi connectivity index (χ3v) is 3.48. The summed E-state index contributed by atoms with van der Waals surface area (Å²) in [5.41, 5.74) is 4.08. The molecule has 16 heavy (non-hydrogen) atoms. The molecule has 0 radical (unpaired) electrons. The third-order valence-electron chi connectivity index (χ3n) is 2.55. The van der Waals surface area contributed by atoms with E-state index >= 15 is 0 Å². The van der Waals surface area contributed by atoms with Crippen molar-refractivity contribution >= 4 is 11.3 Å². The molecule has 0 fully saturated rings. The van der Waals surface area contributed by atoms with Crippen molar-refractivity contribution in [3.63, 3.8) is 0 Å². The molecule has 0 saturated heterocycles. The minimum Gasteiger partial charge on any atom is -0.304 e. The number of pyridine rings is 1. The van der Waals surface area contributed by atoms with Crippen LogP contribution in [0.25, 0.3) is 0 Å². The van der Waals surface area contributed by atoms with E-state index < -0.39 is 0 Å². The fourth-order valence-electron chi connectivity index (χ4n) is 1.48. The second-order valence-electron chi connectivity index (χ2n) is 3.72. The van der Waals surface area contributed by atoms with Crippen LogP contribution in [0.4, 0.5) is 0 Å². The van der Waals surface area contributed by atoms with Crippen molar-refractivity contribution in [2.75, 3.05) is 0 Å². The van der Waals surface area contributed by atoms with E-state index in [0.717, 1.165) is 17.9 Å². The molecule has 1 unspecified atom stereocenters. The van der Waals surface area contributed by atoms with E-state index in [1.165, 1.54) is 4.88 Å². The molecule has 2 aromatic rings. The molecule has 0 spiro atoms. The Morgan fingerprint density at radius 2 is 2.25 bits per heavy atom. The fraction of sp³-hybridized carbons (Fsp3) is 0.333. The highest BCUT2D eigenvalue weighted by molar-refractivity contribution is 7.09. The second-order valence-corrected chi connectivity index (χ2v) is 4.66. The third kappa shape index (κ3) is 2.65. The van der Waals surface area contributed by atoms with E-state index in [4.69, 9.17) is 0 Å². The summed E-state index contributed by atoms with van der Waals surface area (Å²) in [5, 5.41) is 3.45. The quantitative estimate of drug-likeness (QED) is 0.882. The molecular formula is C12H15N3S. The molecule has 0 amide bonds. The molecule has 3 nitrogen and oxygen atoms in total. The Labute approximate surface area is 99.6 Å². The first-order valence-corrected chi connectivity index (χ1v) is 6.18. The summed E-state index contributed by atoms with van der Waals surface area (Å²) in [5.74, 6) is 0. The lowest BCUT2D eigenvalue weighted by atomic mass is 10.2. The summed E-state index contributed by atoms with van der Waals surface area (Å²) >= 11 is 1.69. The number of thiazole rings is 1. The van der Waals surface area contributed by atoms with Crippen LogP contribution in [0.15, 0.2) is 29.9 Å². The molecule has 0 saturated carbocycles. The Morgan fingerprint density at radius 3 is 2.88 bits per heavy atom. The van der Waals surface area contributed by atoms with Crippen molar-refractivity contribution in [2.24, 2.45) is 0 Å². The van der Waals surface area contributed by atoms with E-state index in [-0.39, 0.29) is 6.04 Å². The van der Waals surface area contributed by atoms with Gasteiger partial charge in [-0.3, -0.25) is 4.98 Å². The molecule has 84 valence electrons. The molecule has 4 heteroatoms. The topological polar surface area (TPSA) is 37.8 Å². The normalized spacial score (nSPS) is 12.6. The van der Waals surface area contributed by atoms with Crippen molar-refractivity contribution in [3.8, 4) is 0 Å². The molecule has 0 aliphatic rings. The maximum Gasteiger partial charge on any atom is 0.0798 e. The van der Waals surface area contributed by atoms with Crippen LogP contribution in [0.5, 0.6) is 0 Å². The lowest BCUT2D eigenvalue weighted by Crippen LogP contribution is -2.18. The van der Waals surface area contributed by atoms with Gasteiger partial charge in [-0.2, -0.15) is 0 Å². The number of hydrogen-bond donors (Lipinski definition) is 1. The van der Waals surface area contributed by atoms with Gasteiger partial charge in [0.2, 0.25) is 0 Å². The van der Waals surface area contributed by atoms with Gasteiger partial charge in [-0.1, -0.05) is 6.07 Å². The smallest absolute Gasteiger partial charge is 0.0798 e. The van der Waals surface area contributed by atoms with Crippen LogP contribution in [0.2, 0.25) is 0 Å². The molecule has 0 aromatic carbocycles. The van der Waals surface area contributed by atoms with Gasteiger partial charge in [0.15, 0.2) is 0 Å². The Morgan fingerprint density at radius 1 is 1.38 bits per heavy atom. The summed E-state index contributed by atoms with van der Waals surface area (Å²) in [7, 11) is 0. The lowest BCUT2D eigenvalue weighted by Gasteiger charge is -2.12. The highest BCUT2D eigenvalue weighted by Gasteiger charge is 2.07. The minimum absolute atomic E-state index is 0.266. The maximum atomic E-state index is 4.33. The zero-order chi connectivity index (χ0) is 11.4. The Balaban J connectivity index is 1.94. The standard InChI is InChI=1S/C12H15N3S/c1-9(11-5-3-4-6-13-11)14-7-12-10(2)15-8-16-12/h3-6,8-9,14H,7H2,1-2H3. The van der Waals surface area contributed by atoms with Crippen molar-refractivity contribution in [1.82, 2.24) is 15.3 Å². The summed E-state index contributed by atoms with van der Waals surface area (Å²) < 4.78 is 0. The number of hydrogen-bond acceptors (Lipinski definition) is 4. The zero-order valence-corrected chi connectivity index (χ0v) is 10.3. The van der Waals surface area contributed by atoms with Crippen molar-refractivity contribution in [3.05, 3.63) is 46.2 Å². The van der Waals surface area contributed by atoms with E-state index in [1.807, 2.05) is 36.8 Å². The van der Waals surface area contributed by atoms with Gasteiger partial charge in [0.25, 0.3) is 0 Å². The van der Waals surface area contributed by atoms with E-state index in [9.17, 15) is 0 Å². The molecule has 2 aromatic heterocycles. The SMILES string of the molecule is Cc1ncsc1CNC(C)c1ccccn1. The van der Waals surface area contributed by atoms with Gasteiger partial charge in [-0.25, -0.2) is 4.98 Å². The van der Waals surface area contributed by atoms with Crippen LogP contribution in [-0.4, -0.2) is 9.97 Å². The van der Waals surface area contributed by atoms with Gasteiger partial charge in [0.05, 0.1) is 16.9 Å². The second kappa shape index (κ2) is 5.18. The summed E-state index contributed by atoms with van der Waals surface area (Å²) in [6, 6.07) is 6.25. The molecule has 1 atom stereocenters. The minimum atomic E-state index is 0.266. The average molecular weight is 233 g/mol. The van der Waals surface area contributed by atoms with Crippen LogP contribution in [0.3, 0.4) is 0 Å². The van der Waals surface area contributed by atoms with Crippen molar-refractivity contribution in [1.29, 1.82) is 0 Å². The lowest BCUT2D eigenvalue weighted by molar-refractivity contribution is 0.564. The summed E-state index contributed by atoms with van der Waals surface area (Å²) in [6.07, 6.45) is 1.82. The summed E-state index contributed by atoms with van der Waals surface area (Å²) in [4.78, 5) is 9.85. The number of nitrogens with one attached hydrogen (secondary N) is 1. The highest BCUT2D eigenvalue weighted by atomic mass is 32.1. The van der Waals surface area contributed by atoms with Gasteiger partial charge in [0, 0.05) is 23.7 Å². The molecule has 0 aliphatic carbocycles. The number of aromatic nitrogens is 2. The van der Waals surface area contributed by atoms with E-state index in [0.29, 0.717) is 0 Å². The van der Waals surface area contributed by atoms with Gasteiger partial charge in [-0.05, 0) is 26.0 Å². The number of rotatable bonds is 4. The van der Waals surface area contributed by atoms with Crippen LogP contribution in [0, 0.1) is 6.92 Å². The highest BCUT2D eigenvalue weighted by Crippen LogP contribution is 2.14. The fourth-order valence-corrected chi connectivity index (χ4v) is 2.21. The molecule has 1 N–H and O–H groups in total. The monoisotopic (exact) mass is 233 g/mol. The van der Waals surface area contributed by atoms with Crippen LogP contribution in [0.1, 0.15) is 29.2 Å². The van der Waals surface area contributed by atoms with Crippen LogP contribution in [-0.2, 0) is 6.54 Å². The predicted molar refractivity (Wildman–Crippen MR) is 66.3 cm³/mol. The zero-order valence-electron chi connectivity index (χ0n) is 9.47. The number of aryl methyl sites for hydroxylation is 1. The first-order chi connectivity index (χ1) is 7.77. The molecular weight excluding hydrogens is 218 g/mol. The predicted octanol–water partition coefficient (Wildman–Crippen LogP) is 2.70. The van der Waals surface area contributed by atoms with Gasteiger partial charge in [0.1, 0.15) is 0 Å². The summed E-state index contributed by atoms with van der Waals surface area (Å²) in [6.45, 7) is 5.02. The Bertz CT molecular complexity index is 439. The first-order valence-electron chi connectivity index (χ1n) is 5.30.